The lowest BCUT2D eigenvalue weighted by Gasteiger charge is -2.21. The Labute approximate surface area is 108 Å². The number of hydrogen-bond acceptors (Lipinski definition) is 2. The minimum absolute atomic E-state index is 0.0508. The summed E-state index contributed by atoms with van der Waals surface area (Å²) in [5, 5.41) is 9.01. The maximum absolute atomic E-state index is 12.2. The van der Waals surface area contributed by atoms with E-state index in [0.29, 0.717) is 19.0 Å². The van der Waals surface area contributed by atoms with Gasteiger partial charge in [-0.15, -0.1) is 0 Å². The normalized spacial score (nSPS) is 14.6. The van der Waals surface area contributed by atoms with E-state index in [4.69, 9.17) is 5.11 Å². The van der Waals surface area contributed by atoms with Crippen molar-refractivity contribution in [2.75, 3.05) is 13.2 Å². The Morgan fingerprint density at radius 3 is 2.61 bits per heavy atom. The number of aliphatic hydroxyl groups excluding tert-OH is 1. The van der Waals surface area contributed by atoms with Gasteiger partial charge in [-0.05, 0) is 43.4 Å². The average molecular weight is 247 g/mol. The molecule has 0 aromatic heterocycles. The third-order valence-electron chi connectivity index (χ3n) is 3.58. The molecule has 1 amide bonds. The van der Waals surface area contributed by atoms with Gasteiger partial charge in [0, 0.05) is 12.6 Å². The van der Waals surface area contributed by atoms with E-state index in [2.05, 4.69) is 26.0 Å². The Morgan fingerprint density at radius 1 is 1.33 bits per heavy atom. The molecular weight excluding hydrogens is 226 g/mol. The zero-order valence-electron chi connectivity index (χ0n) is 11.1. The van der Waals surface area contributed by atoms with Gasteiger partial charge in [0.1, 0.15) is 0 Å². The van der Waals surface area contributed by atoms with Crippen LogP contribution in [0.5, 0.6) is 0 Å². The zero-order chi connectivity index (χ0) is 13.1. The van der Waals surface area contributed by atoms with E-state index in [-0.39, 0.29) is 12.5 Å². The first kappa shape index (κ1) is 13.1. The Balaban J connectivity index is 2.02. The first-order chi connectivity index (χ1) is 8.61. The smallest absolute Gasteiger partial charge is 0.227 e. The van der Waals surface area contributed by atoms with E-state index in [0.717, 1.165) is 18.4 Å². The molecule has 0 spiro atoms. The lowest BCUT2D eigenvalue weighted by atomic mass is 10.0. The zero-order valence-corrected chi connectivity index (χ0v) is 11.1. The summed E-state index contributed by atoms with van der Waals surface area (Å²) in [6, 6.07) is 6.53. The van der Waals surface area contributed by atoms with Crippen molar-refractivity contribution in [1.82, 2.24) is 4.90 Å². The first-order valence-electron chi connectivity index (χ1n) is 6.58. The Morgan fingerprint density at radius 2 is 2.06 bits per heavy atom. The topological polar surface area (TPSA) is 40.5 Å². The fraction of sp³-hybridized carbons (Fsp3) is 0.533. The van der Waals surface area contributed by atoms with Gasteiger partial charge < -0.3 is 10.0 Å². The van der Waals surface area contributed by atoms with E-state index < -0.39 is 0 Å². The standard InChI is InChI=1S/C15H21NO2/c1-11-3-4-13(9-12(11)2)10-15(18)16(7-8-17)14-5-6-14/h3-4,9,14,17H,5-8,10H2,1-2H3. The number of hydrogen-bond donors (Lipinski definition) is 1. The highest BCUT2D eigenvalue weighted by Crippen LogP contribution is 2.27. The maximum atomic E-state index is 12.2. The molecule has 3 heteroatoms. The van der Waals surface area contributed by atoms with Crippen molar-refractivity contribution >= 4 is 5.91 Å². The van der Waals surface area contributed by atoms with Gasteiger partial charge >= 0.3 is 0 Å². The van der Waals surface area contributed by atoms with Crippen LogP contribution in [0.1, 0.15) is 29.5 Å². The molecule has 18 heavy (non-hydrogen) atoms. The second-order valence-corrected chi connectivity index (χ2v) is 5.14. The Kier molecular flexibility index (Phi) is 4.02. The van der Waals surface area contributed by atoms with Crippen molar-refractivity contribution in [2.45, 2.75) is 39.2 Å². The van der Waals surface area contributed by atoms with Crippen LogP contribution in [0.15, 0.2) is 18.2 Å². The van der Waals surface area contributed by atoms with Gasteiger partial charge in [-0.2, -0.15) is 0 Å². The quantitative estimate of drug-likeness (QED) is 0.862. The molecule has 98 valence electrons. The second-order valence-electron chi connectivity index (χ2n) is 5.14. The van der Waals surface area contributed by atoms with Crippen LogP contribution in [0.3, 0.4) is 0 Å². The highest BCUT2D eigenvalue weighted by atomic mass is 16.3. The molecule has 0 bridgehead atoms. The van der Waals surface area contributed by atoms with E-state index in [1.54, 1.807) is 0 Å². The fourth-order valence-electron chi connectivity index (χ4n) is 2.19. The Hall–Kier alpha value is -1.35. The lowest BCUT2D eigenvalue weighted by molar-refractivity contribution is -0.131. The summed E-state index contributed by atoms with van der Waals surface area (Å²) in [7, 11) is 0. The van der Waals surface area contributed by atoms with E-state index >= 15 is 0 Å². The van der Waals surface area contributed by atoms with Crippen molar-refractivity contribution in [1.29, 1.82) is 0 Å². The fourth-order valence-corrected chi connectivity index (χ4v) is 2.19. The van der Waals surface area contributed by atoms with Crippen molar-refractivity contribution in [2.24, 2.45) is 0 Å². The van der Waals surface area contributed by atoms with Gasteiger partial charge in [-0.25, -0.2) is 0 Å². The van der Waals surface area contributed by atoms with Crippen LogP contribution in [0, 0.1) is 13.8 Å². The highest BCUT2D eigenvalue weighted by molar-refractivity contribution is 5.79. The molecular formula is C15H21NO2. The monoisotopic (exact) mass is 247 g/mol. The van der Waals surface area contributed by atoms with Crippen LogP contribution in [0.2, 0.25) is 0 Å². The van der Waals surface area contributed by atoms with Gasteiger partial charge in [0.15, 0.2) is 0 Å². The molecule has 1 aliphatic carbocycles. The number of nitrogens with zero attached hydrogens (tertiary/aromatic N) is 1. The first-order valence-corrected chi connectivity index (χ1v) is 6.58. The Bertz CT molecular complexity index is 438. The molecule has 1 saturated carbocycles. The highest BCUT2D eigenvalue weighted by Gasteiger charge is 2.31. The predicted molar refractivity (Wildman–Crippen MR) is 71.4 cm³/mol. The van der Waals surface area contributed by atoms with E-state index in [1.807, 2.05) is 11.0 Å². The molecule has 0 radical (unpaired) electrons. The van der Waals surface area contributed by atoms with Crippen LogP contribution in [-0.2, 0) is 11.2 Å². The minimum atomic E-state index is 0.0508. The number of benzene rings is 1. The molecule has 2 rings (SSSR count). The molecule has 0 saturated heterocycles. The van der Waals surface area contributed by atoms with Crippen molar-refractivity contribution in [3.63, 3.8) is 0 Å². The number of amides is 1. The second kappa shape index (κ2) is 5.53. The van der Waals surface area contributed by atoms with Crippen molar-refractivity contribution in [3.8, 4) is 0 Å². The summed E-state index contributed by atoms with van der Waals surface area (Å²) in [6.45, 7) is 4.66. The number of aliphatic hydroxyl groups is 1. The van der Waals surface area contributed by atoms with Gasteiger partial charge in [-0.1, -0.05) is 18.2 Å². The van der Waals surface area contributed by atoms with Crippen LogP contribution in [-0.4, -0.2) is 35.1 Å². The SMILES string of the molecule is Cc1ccc(CC(=O)N(CCO)C2CC2)cc1C. The minimum Gasteiger partial charge on any atom is -0.395 e. The van der Waals surface area contributed by atoms with Crippen molar-refractivity contribution in [3.05, 3.63) is 34.9 Å². The van der Waals surface area contributed by atoms with E-state index in [9.17, 15) is 4.79 Å². The lowest BCUT2D eigenvalue weighted by Crippen LogP contribution is -2.36. The van der Waals surface area contributed by atoms with Crippen LogP contribution in [0.4, 0.5) is 0 Å². The number of carbonyl (C=O) groups is 1. The number of carbonyl (C=O) groups excluding carboxylic acids is 1. The van der Waals surface area contributed by atoms with Crippen LogP contribution >= 0.6 is 0 Å². The summed E-state index contributed by atoms with van der Waals surface area (Å²) in [5.41, 5.74) is 3.53. The average Bonchev–Trinajstić information content (AvgIpc) is 3.15. The van der Waals surface area contributed by atoms with Crippen LogP contribution in [0.25, 0.3) is 0 Å². The molecule has 3 nitrogen and oxygen atoms in total. The third kappa shape index (κ3) is 3.10. The molecule has 0 atom stereocenters. The summed E-state index contributed by atoms with van der Waals surface area (Å²) >= 11 is 0. The van der Waals surface area contributed by atoms with Crippen molar-refractivity contribution < 1.29 is 9.90 Å². The summed E-state index contributed by atoms with van der Waals surface area (Å²) < 4.78 is 0. The largest absolute Gasteiger partial charge is 0.395 e. The molecule has 1 aromatic carbocycles. The molecule has 0 aliphatic heterocycles. The summed E-state index contributed by atoms with van der Waals surface area (Å²) in [6.07, 6.45) is 2.61. The molecule has 1 aromatic rings. The molecule has 1 fully saturated rings. The summed E-state index contributed by atoms with van der Waals surface area (Å²) in [4.78, 5) is 14.0. The number of aryl methyl sites for hydroxylation is 2. The van der Waals surface area contributed by atoms with Crippen LogP contribution < -0.4 is 0 Å². The molecule has 1 aliphatic rings. The number of rotatable bonds is 5. The van der Waals surface area contributed by atoms with Gasteiger partial charge in [0.25, 0.3) is 0 Å². The van der Waals surface area contributed by atoms with Gasteiger partial charge in [0.05, 0.1) is 13.0 Å². The molecule has 0 heterocycles. The molecule has 1 N–H and O–H groups in total. The predicted octanol–water partition coefficient (Wildman–Crippen LogP) is 1.83. The van der Waals surface area contributed by atoms with Gasteiger partial charge in [0.2, 0.25) is 5.91 Å². The summed E-state index contributed by atoms with van der Waals surface area (Å²) in [5.74, 6) is 0.134. The van der Waals surface area contributed by atoms with E-state index in [1.165, 1.54) is 11.1 Å². The maximum Gasteiger partial charge on any atom is 0.227 e. The van der Waals surface area contributed by atoms with Gasteiger partial charge in [-0.3, -0.25) is 4.79 Å². The third-order valence-corrected chi connectivity index (χ3v) is 3.58. The molecule has 0 unspecified atom stereocenters.